The van der Waals surface area contributed by atoms with Crippen molar-refractivity contribution in [3.8, 4) is 0 Å². The zero-order valence-corrected chi connectivity index (χ0v) is 24.2. The Balaban J connectivity index is 0.00000312. The van der Waals surface area contributed by atoms with Crippen LogP contribution in [0.5, 0.6) is 0 Å². The summed E-state index contributed by atoms with van der Waals surface area (Å²) >= 11 is 0. The van der Waals surface area contributed by atoms with Crippen LogP contribution in [0.4, 0.5) is 10.1 Å². The number of aliphatic imine (C=N–C) groups is 1. The molecule has 0 saturated carbocycles. The molecule has 8 nitrogen and oxygen atoms in total. The highest BCUT2D eigenvalue weighted by Gasteiger charge is 2.54. The number of benzene rings is 3. The second kappa shape index (κ2) is 11.0. The molecule has 226 valence electrons. The lowest BCUT2D eigenvalue weighted by atomic mass is 9.84. The highest BCUT2D eigenvalue weighted by molar-refractivity contribution is 5.94. The van der Waals surface area contributed by atoms with Crippen molar-refractivity contribution >= 4 is 34.2 Å². The molecule has 3 aliphatic heterocycles. The Morgan fingerprint density at radius 2 is 1.77 bits per heavy atom. The van der Waals surface area contributed by atoms with Gasteiger partial charge < -0.3 is 9.80 Å². The van der Waals surface area contributed by atoms with Gasteiger partial charge in [0.15, 0.2) is 0 Å². The van der Waals surface area contributed by atoms with Crippen LogP contribution in [0.15, 0.2) is 78.1 Å². The number of hydrogen-bond donors (Lipinski definition) is 0. The summed E-state index contributed by atoms with van der Waals surface area (Å²) in [4.78, 5) is 25.3. The van der Waals surface area contributed by atoms with E-state index in [2.05, 4.69) is 68.4 Å². The fraction of sp³-hybridized carbons (Fsp3) is 0.371. The van der Waals surface area contributed by atoms with E-state index in [1.165, 1.54) is 34.0 Å². The lowest BCUT2D eigenvalue weighted by Gasteiger charge is -2.45. The van der Waals surface area contributed by atoms with Gasteiger partial charge in [-0.15, -0.1) is 5.10 Å². The Morgan fingerprint density at radius 3 is 2.52 bits per heavy atom. The van der Waals surface area contributed by atoms with Crippen LogP contribution in [0.1, 0.15) is 50.1 Å². The minimum absolute atomic E-state index is 0. The van der Waals surface area contributed by atoms with Crippen LogP contribution in [0.25, 0.3) is 16.3 Å². The van der Waals surface area contributed by atoms with Crippen molar-refractivity contribution in [1.29, 1.82) is 0 Å². The van der Waals surface area contributed by atoms with Crippen molar-refractivity contribution in [1.82, 2.24) is 24.8 Å². The molecule has 0 N–H and O–H groups in total. The van der Waals surface area contributed by atoms with E-state index < -0.39 is 5.54 Å². The quantitative estimate of drug-likeness (QED) is 0.288. The van der Waals surface area contributed by atoms with Gasteiger partial charge >= 0.3 is 0 Å². The number of anilines is 1. The van der Waals surface area contributed by atoms with Crippen molar-refractivity contribution in [2.75, 3.05) is 31.2 Å². The number of rotatable bonds is 6. The Morgan fingerprint density at radius 1 is 1.00 bits per heavy atom. The highest BCUT2D eigenvalue weighted by atomic mass is 19.1. The predicted octanol–water partition coefficient (Wildman–Crippen LogP) is 5.71. The van der Waals surface area contributed by atoms with Crippen LogP contribution in [-0.2, 0) is 17.8 Å². The minimum atomic E-state index is -0.652. The molecule has 3 aromatic carbocycles. The second-order valence-electron chi connectivity index (χ2n) is 12.3. The number of amides is 1. The zero-order valence-electron chi connectivity index (χ0n) is 24.2. The molecule has 1 aromatic heterocycles. The first-order valence-corrected chi connectivity index (χ1v) is 15.2. The summed E-state index contributed by atoms with van der Waals surface area (Å²) in [5.41, 5.74) is 4.92. The topological polar surface area (TPSA) is 69.9 Å². The van der Waals surface area contributed by atoms with Crippen LogP contribution in [-0.4, -0.2) is 68.8 Å². The SMILES string of the molecule is C.CC1C=NC=C1c1cn(CCN2CN(c3ccc(F)cc3)C3(CCN([C@@H]4Cc5cccc6cccc4c56)CC3)C2=O)nn1. The Labute approximate surface area is 257 Å². The van der Waals surface area contributed by atoms with Gasteiger partial charge in [0, 0.05) is 55.3 Å². The number of piperidine rings is 1. The lowest BCUT2D eigenvalue weighted by Crippen LogP contribution is -2.57. The zero-order chi connectivity index (χ0) is 29.1. The molecule has 4 aliphatic rings. The number of nitrogens with zero attached hydrogens (tertiary/aromatic N) is 7. The van der Waals surface area contributed by atoms with Crippen LogP contribution in [0, 0.1) is 11.7 Å². The molecule has 4 heterocycles. The molecule has 2 fully saturated rings. The third-order valence-corrected chi connectivity index (χ3v) is 9.96. The van der Waals surface area contributed by atoms with Gasteiger partial charge in [-0.2, -0.15) is 0 Å². The number of allylic oxidation sites excluding steroid dienone is 1. The Hall–Kier alpha value is -4.37. The van der Waals surface area contributed by atoms with Gasteiger partial charge in [0.05, 0.1) is 19.4 Å². The second-order valence-corrected chi connectivity index (χ2v) is 12.3. The molecular formula is C35H38FN7O. The maximum atomic E-state index is 14.3. The first-order valence-electron chi connectivity index (χ1n) is 15.2. The van der Waals surface area contributed by atoms with Crippen molar-refractivity contribution in [3.63, 3.8) is 0 Å². The largest absolute Gasteiger partial charge is 0.339 e. The highest BCUT2D eigenvalue weighted by Crippen LogP contribution is 2.45. The van der Waals surface area contributed by atoms with Gasteiger partial charge in [0.2, 0.25) is 5.91 Å². The van der Waals surface area contributed by atoms with Crippen molar-refractivity contribution in [3.05, 3.63) is 95.7 Å². The standard InChI is InChI=1S/C34H34FN7O.CH4/c1-23-19-36-20-29(23)30-21-41(38-37-30)17-16-40-22-42(27-10-8-26(35)9-11-27)34(33(40)43)12-14-39(15-13-34)31-18-25-6-2-4-24-5-3-7-28(31)32(24)25;/h2-11,19-21,23,31H,12-18,22H2,1H3;1H4/t23?,31-;/m1./s1. The number of likely N-dealkylation sites (tertiary alicyclic amines) is 1. The normalized spacial score (nSPS) is 22.3. The monoisotopic (exact) mass is 591 g/mol. The fourth-order valence-electron chi connectivity index (χ4n) is 7.65. The van der Waals surface area contributed by atoms with Crippen molar-refractivity contribution < 1.29 is 9.18 Å². The summed E-state index contributed by atoms with van der Waals surface area (Å²) in [5.74, 6) is 0.0878. The molecule has 8 rings (SSSR count). The molecule has 0 radical (unpaired) electrons. The lowest BCUT2D eigenvalue weighted by molar-refractivity contribution is -0.134. The van der Waals surface area contributed by atoms with Gasteiger partial charge in [-0.25, -0.2) is 4.39 Å². The van der Waals surface area contributed by atoms with Gasteiger partial charge in [-0.3, -0.25) is 19.4 Å². The molecule has 1 spiro atoms. The van der Waals surface area contributed by atoms with E-state index in [1.807, 2.05) is 28.2 Å². The maximum Gasteiger partial charge on any atom is 0.250 e. The Kier molecular flexibility index (Phi) is 7.08. The molecule has 44 heavy (non-hydrogen) atoms. The molecule has 1 unspecified atom stereocenters. The first-order chi connectivity index (χ1) is 21.0. The molecular weight excluding hydrogens is 553 g/mol. The summed E-state index contributed by atoms with van der Waals surface area (Å²) in [6, 6.07) is 20.1. The summed E-state index contributed by atoms with van der Waals surface area (Å²) in [6.07, 6.45) is 8.13. The summed E-state index contributed by atoms with van der Waals surface area (Å²) < 4.78 is 15.7. The summed E-state index contributed by atoms with van der Waals surface area (Å²) in [7, 11) is 0. The van der Waals surface area contributed by atoms with Gasteiger partial charge in [0.25, 0.3) is 0 Å². The number of aromatic nitrogens is 3. The van der Waals surface area contributed by atoms with Crippen LogP contribution in [0.2, 0.25) is 0 Å². The van der Waals surface area contributed by atoms with E-state index in [0.717, 1.165) is 49.3 Å². The van der Waals surface area contributed by atoms with Gasteiger partial charge in [0.1, 0.15) is 17.1 Å². The molecule has 1 amide bonds. The summed E-state index contributed by atoms with van der Waals surface area (Å²) in [5, 5.41) is 11.4. The third-order valence-electron chi connectivity index (χ3n) is 9.96. The van der Waals surface area contributed by atoms with E-state index >= 15 is 0 Å². The molecule has 4 aromatic rings. The molecule has 1 aliphatic carbocycles. The van der Waals surface area contributed by atoms with E-state index in [9.17, 15) is 9.18 Å². The van der Waals surface area contributed by atoms with Gasteiger partial charge in [-0.1, -0.05) is 56.0 Å². The third kappa shape index (κ3) is 4.53. The maximum absolute atomic E-state index is 14.3. The minimum Gasteiger partial charge on any atom is -0.339 e. The number of carbonyl (C=O) groups is 1. The molecule has 2 atom stereocenters. The van der Waals surface area contributed by atoms with E-state index in [1.54, 1.807) is 12.1 Å². The number of carbonyl (C=O) groups excluding carboxylic acids is 1. The number of hydrogen-bond acceptors (Lipinski definition) is 6. The predicted molar refractivity (Wildman–Crippen MR) is 172 cm³/mol. The van der Waals surface area contributed by atoms with Gasteiger partial charge in [-0.05, 0) is 65.4 Å². The van der Waals surface area contributed by atoms with E-state index in [-0.39, 0.29) is 25.1 Å². The fourth-order valence-corrected chi connectivity index (χ4v) is 7.65. The smallest absolute Gasteiger partial charge is 0.250 e. The average molecular weight is 592 g/mol. The first kappa shape index (κ1) is 28.4. The van der Waals surface area contributed by atoms with Crippen LogP contribution >= 0.6 is 0 Å². The molecule has 2 saturated heterocycles. The van der Waals surface area contributed by atoms with Crippen molar-refractivity contribution in [2.45, 2.75) is 51.7 Å². The van der Waals surface area contributed by atoms with Crippen LogP contribution < -0.4 is 4.90 Å². The average Bonchev–Trinajstić information content (AvgIpc) is 3.81. The van der Waals surface area contributed by atoms with E-state index in [4.69, 9.17) is 0 Å². The number of halogens is 1. The molecule has 0 bridgehead atoms. The van der Waals surface area contributed by atoms with E-state index in [0.29, 0.717) is 25.8 Å². The van der Waals surface area contributed by atoms with Crippen LogP contribution in [0.3, 0.4) is 0 Å². The summed E-state index contributed by atoms with van der Waals surface area (Å²) in [6.45, 7) is 5.28. The Bertz CT molecular complexity index is 1760. The van der Waals surface area contributed by atoms with Crippen molar-refractivity contribution in [2.24, 2.45) is 10.9 Å². The molecule has 9 heteroatoms.